The Kier molecular flexibility index (Phi) is 3.77. The predicted molar refractivity (Wildman–Crippen MR) is 83.3 cm³/mol. The summed E-state index contributed by atoms with van der Waals surface area (Å²) in [5.41, 5.74) is 1.57. The van der Waals surface area contributed by atoms with Crippen LogP contribution in [-0.2, 0) is 7.05 Å². The maximum absolute atomic E-state index is 13.4. The zero-order valence-electron chi connectivity index (χ0n) is 13.0. The molecule has 1 aromatic carbocycles. The molecule has 1 atom stereocenters. The molecule has 2 heterocycles. The van der Waals surface area contributed by atoms with Crippen molar-refractivity contribution in [2.75, 3.05) is 0 Å². The Labute approximate surface area is 132 Å². The van der Waals surface area contributed by atoms with Gasteiger partial charge in [-0.2, -0.15) is 0 Å². The van der Waals surface area contributed by atoms with Crippen molar-refractivity contribution in [3.05, 3.63) is 53.5 Å². The number of fused-ring (bicyclic) bond motifs is 1. The fraction of sp³-hybridized carbons (Fsp3) is 0.250. The molecule has 2 aromatic heterocycles. The van der Waals surface area contributed by atoms with Crippen molar-refractivity contribution in [1.82, 2.24) is 25.1 Å². The topological polar surface area (TPSA) is 72.7 Å². The first-order valence-corrected chi connectivity index (χ1v) is 7.17. The molecule has 118 valence electrons. The van der Waals surface area contributed by atoms with Gasteiger partial charge in [-0.05, 0) is 32.0 Å². The molecule has 23 heavy (non-hydrogen) atoms. The van der Waals surface area contributed by atoms with Gasteiger partial charge in [0, 0.05) is 24.2 Å². The maximum atomic E-state index is 13.4. The molecule has 6 nitrogen and oxygen atoms in total. The maximum Gasteiger partial charge on any atom is 0.252 e. The second-order valence-corrected chi connectivity index (χ2v) is 5.47. The van der Waals surface area contributed by atoms with Crippen LogP contribution in [0.2, 0.25) is 0 Å². The lowest BCUT2D eigenvalue weighted by Crippen LogP contribution is -2.28. The Morgan fingerprint density at radius 3 is 2.83 bits per heavy atom. The molecule has 0 saturated carbocycles. The van der Waals surface area contributed by atoms with Crippen LogP contribution in [0.15, 0.2) is 30.6 Å². The summed E-state index contributed by atoms with van der Waals surface area (Å²) in [4.78, 5) is 16.9. The lowest BCUT2D eigenvalue weighted by atomic mass is 10.1. The standard InChI is InChI=1S/C16H16FN5O/c1-9-6-13(12-5-4-11(17)7-14(12)19-9)16(23)20-10(2)15-21-18-8-22(15)3/h4-8,10H,1-3H3,(H,20,23). The number of pyridine rings is 1. The minimum absolute atomic E-state index is 0.261. The van der Waals surface area contributed by atoms with Crippen LogP contribution in [0.1, 0.15) is 34.8 Å². The van der Waals surface area contributed by atoms with E-state index < -0.39 is 0 Å². The summed E-state index contributed by atoms with van der Waals surface area (Å²) in [6, 6.07) is 5.60. The molecule has 0 aliphatic carbocycles. The molecule has 1 amide bonds. The molecular formula is C16H16FN5O. The highest BCUT2D eigenvalue weighted by atomic mass is 19.1. The first-order valence-electron chi connectivity index (χ1n) is 7.17. The molecule has 0 aliphatic heterocycles. The van der Waals surface area contributed by atoms with Crippen molar-refractivity contribution in [3.8, 4) is 0 Å². The van der Waals surface area contributed by atoms with Crippen LogP contribution in [0.25, 0.3) is 10.9 Å². The molecular weight excluding hydrogens is 297 g/mol. The van der Waals surface area contributed by atoms with Crippen LogP contribution in [0.3, 0.4) is 0 Å². The molecule has 0 bridgehead atoms. The van der Waals surface area contributed by atoms with E-state index in [-0.39, 0.29) is 17.8 Å². The van der Waals surface area contributed by atoms with Crippen LogP contribution < -0.4 is 5.32 Å². The van der Waals surface area contributed by atoms with Crippen LogP contribution in [0.5, 0.6) is 0 Å². The molecule has 0 aliphatic rings. The number of nitrogens with zero attached hydrogens (tertiary/aromatic N) is 4. The quantitative estimate of drug-likeness (QED) is 0.805. The third-order valence-electron chi connectivity index (χ3n) is 3.63. The number of hydrogen-bond donors (Lipinski definition) is 1. The normalized spacial score (nSPS) is 12.3. The van der Waals surface area contributed by atoms with Crippen molar-refractivity contribution in [3.63, 3.8) is 0 Å². The van der Waals surface area contributed by atoms with Gasteiger partial charge in [0.05, 0.1) is 17.1 Å². The fourth-order valence-electron chi connectivity index (χ4n) is 2.54. The minimum Gasteiger partial charge on any atom is -0.342 e. The molecule has 0 spiro atoms. The number of carbonyl (C=O) groups is 1. The lowest BCUT2D eigenvalue weighted by Gasteiger charge is -2.14. The monoisotopic (exact) mass is 313 g/mol. The Balaban J connectivity index is 1.96. The molecule has 3 rings (SSSR count). The number of amides is 1. The van der Waals surface area contributed by atoms with Gasteiger partial charge in [-0.15, -0.1) is 10.2 Å². The SMILES string of the molecule is Cc1cc(C(=O)NC(C)c2nncn2C)c2ccc(F)cc2n1. The molecule has 3 aromatic rings. The summed E-state index contributed by atoms with van der Waals surface area (Å²) >= 11 is 0. The van der Waals surface area contributed by atoms with Gasteiger partial charge in [-0.3, -0.25) is 9.78 Å². The first kappa shape index (κ1) is 15.1. The zero-order chi connectivity index (χ0) is 16.6. The average Bonchev–Trinajstić information content (AvgIpc) is 2.92. The van der Waals surface area contributed by atoms with Crippen molar-refractivity contribution in [2.24, 2.45) is 7.05 Å². The number of aryl methyl sites for hydroxylation is 2. The summed E-state index contributed by atoms with van der Waals surface area (Å²) in [5, 5.41) is 11.3. The third-order valence-corrected chi connectivity index (χ3v) is 3.63. The van der Waals surface area contributed by atoms with E-state index in [2.05, 4.69) is 20.5 Å². The number of hydrogen-bond acceptors (Lipinski definition) is 4. The Morgan fingerprint density at radius 1 is 1.35 bits per heavy atom. The van der Waals surface area contributed by atoms with Gasteiger partial charge >= 0.3 is 0 Å². The second kappa shape index (κ2) is 5.75. The summed E-state index contributed by atoms with van der Waals surface area (Å²) in [6.07, 6.45) is 1.58. The van der Waals surface area contributed by atoms with Gasteiger partial charge in [-0.1, -0.05) is 0 Å². The van der Waals surface area contributed by atoms with Crippen molar-refractivity contribution in [1.29, 1.82) is 0 Å². The molecule has 0 fully saturated rings. The summed E-state index contributed by atoms with van der Waals surface area (Å²) in [7, 11) is 1.81. The molecule has 0 radical (unpaired) electrons. The van der Waals surface area contributed by atoms with Crippen LogP contribution >= 0.6 is 0 Å². The van der Waals surface area contributed by atoms with Crippen LogP contribution in [0.4, 0.5) is 4.39 Å². The van der Waals surface area contributed by atoms with E-state index in [1.54, 1.807) is 30.0 Å². The number of nitrogens with one attached hydrogen (secondary N) is 1. The molecule has 0 saturated heterocycles. The van der Waals surface area contributed by atoms with Crippen molar-refractivity contribution in [2.45, 2.75) is 19.9 Å². The number of aromatic nitrogens is 4. The van der Waals surface area contributed by atoms with E-state index in [9.17, 15) is 9.18 Å². The summed E-state index contributed by atoms with van der Waals surface area (Å²) < 4.78 is 15.1. The second-order valence-electron chi connectivity index (χ2n) is 5.47. The van der Waals surface area contributed by atoms with Crippen molar-refractivity contribution >= 4 is 16.8 Å². The van der Waals surface area contributed by atoms with E-state index in [1.165, 1.54) is 12.1 Å². The van der Waals surface area contributed by atoms with E-state index in [0.717, 1.165) is 0 Å². The van der Waals surface area contributed by atoms with Crippen molar-refractivity contribution < 1.29 is 9.18 Å². The number of rotatable bonds is 3. The van der Waals surface area contributed by atoms with Crippen LogP contribution in [0, 0.1) is 12.7 Å². The summed E-state index contributed by atoms with van der Waals surface area (Å²) in [6.45, 7) is 3.60. The highest BCUT2D eigenvalue weighted by Crippen LogP contribution is 2.20. The van der Waals surface area contributed by atoms with Crippen LogP contribution in [-0.4, -0.2) is 25.7 Å². The smallest absolute Gasteiger partial charge is 0.252 e. The van der Waals surface area contributed by atoms with E-state index in [1.807, 2.05) is 14.0 Å². The molecule has 1 unspecified atom stereocenters. The number of benzene rings is 1. The summed E-state index contributed by atoms with van der Waals surface area (Å²) in [5.74, 6) is 0.0106. The Morgan fingerprint density at radius 2 is 2.13 bits per heavy atom. The van der Waals surface area contributed by atoms with Gasteiger partial charge in [0.25, 0.3) is 5.91 Å². The van der Waals surface area contributed by atoms with Gasteiger partial charge in [-0.25, -0.2) is 4.39 Å². The molecule has 7 heteroatoms. The highest BCUT2D eigenvalue weighted by Gasteiger charge is 2.18. The predicted octanol–water partition coefficient (Wildman–Crippen LogP) is 2.30. The van der Waals surface area contributed by atoms with E-state index >= 15 is 0 Å². The largest absolute Gasteiger partial charge is 0.342 e. The van der Waals surface area contributed by atoms with E-state index in [4.69, 9.17) is 0 Å². The van der Waals surface area contributed by atoms with Gasteiger partial charge < -0.3 is 9.88 Å². The number of carbonyl (C=O) groups excluding carboxylic acids is 1. The Bertz CT molecular complexity index is 884. The first-order chi connectivity index (χ1) is 11.0. The van der Waals surface area contributed by atoms with Gasteiger partial charge in [0.1, 0.15) is 12.1 Å². The Hall–Kier alpha value is -2.83. The third kappa shape index (κ3) is 2.90. The lowest BCUT2D eigenvalue weighted by molar-refractivity contribution is 0.0939. The minimum atomic E-state index is -0.380. The number of halogens is 1. The van der Waals surface area contributed by atoms with Gasteiger partial charge in [0.15, 0.2) is 5.82 Å². The van der Waals surface area contributed by atoms with E-state index in [0.29, 0.717) is 28.0 Å². The zero-order valence-corrected chi connectivity index (χ0v) is 13.0. The average molecular weight is 313 g/mol. The molecule has 1 N–H and O–H groups in total. The fourth-order valence-corrected chi connectivity index (χ4v) is 2.54. The highest BCUT2D eigenvalue weighted by molar-refractivity contribution is 6.06. The van der Waals surface area contributed by atoms with Gasteiger partial charge in [0.2, 0.25) is 0 Å².